The lowest BCUT2D eigenvalue weighted by Crippen LogP contribution is -2.39. The zero-order chi connectivity index (χ0) is 14.3. The highest BCUT2D eigenvalue weighted by molar-refractivity contribution is 5.81. The van der Waals surface area contributed by atoms with E-state index in [0.717, 1.165) is 11.3 Å². The standard InChI is InChI=1S/C15H23NO3/c1-5-14(15(17)16-8-9-18-4)19-13-7-6-11(2)12(3)10-13/h6-7,10,14H,5,8-9H2,1-4H3,(H,16,17)/t14-/m1/s1. The summed E-state index contributed by atoms with van der Waals surface area (Å²) in [6.07, 6.45) is 0.171. The van der Waals surface area contributed by atoms with Crippen molar-refractivity contribution in [1.82, 2.24) is 5.32 Å². The summed E-state index contributed by atoms with van der Waals surface area (Å²) in [5.74, 6) is 0.634. The van der Waals surface area contributed by atoms with Gasteiger partial charge in [0.1, 0.15) is 5.75 Å². The number of carbonyl (C=O) groups is 1. The Kier molecular flexibility index (Phi) is 6.36. The Bertz CT molecular complexity index is 418. The van der Waals surface area contributed by atoms with Crippen LogP contribution in [-0.2, 0) is 9.53 Å². The Morgan fingerprint density at radius 3 is 2.63 bits per heavy atom. The Balaban J connectivity index is 2.60. The first-order chi connectivity index (χ1) is 9.08. The minimum Gasteiger partial charge on any atom is -0.481 e. The highest BCUT2D eigenvalue weighted by Gasteiger charge is 2.17. The summed E-state index contributed by atoms with van der Waals surface area (Å²) >= 11 is 0. The van der Waals surface area contributed by atoms with Crippen LogP contribution in [-0.4, -0.2) is 32.3 Å². The summed E-state index contributed by atoms with van der Waals surface area (Å²) in [6, 6.07) is 5.86. The van der Waals surface area contributed by atoms with Crippen LogP contribution in [0.1, 0.15) is 24.5 Å². The van der Waals surface area contributed by atoms with Crippen molar-refractivity contribution in [2.45, 2.75) is 33.3 Å². The molecular weight excluding hydrogens is 242 g/mol. The summed E-state index contributed by atoms with van der Waals surface area (Å²) in [6.45, 7) is 7.02. The van der Waals surface area contributed by atoms with Crippen molar-refractivity contribution in [2.24, 2.45) is 0 Å². The molecular formula is C15H23NO3. The highest BCUT2D eigenvalue weighted by atomic mass is 16.5. The molecule has 0 radical (unpaired) electrons. The predicted octanol–water partition coefficient (Wildman–Crippen LogP) is 2.22. The average Bonchev–Trinajstić information content (AvgIpc) is 2.40. The number of nitrogens with one attached hydrogen (secondary N) is 1. The van der Waals surface area contributed by atoms with Crippen LogP contribution in [0.25, 0.3) is 0 Å². The molecule has 0 aromatic heterocycles. The Hall–Kier alpha value is -1.55. The number of amides is 1. The fourth-order valence-corrected chi connectivity index (χ4v) is 1.66. The molecule has 0 saturated heterocycles. The largest absolute Gasteiger partial charge is 0.481 e. The van der Waals surface area contributed by atoms with Crippen LogP contribution in [0.5, 0.6) is 5.75 Å². The first kappa shape index (κ1) is 15.5. The van der Waals surface area contributed by atoms with E-state index in [1.165, 1.54) is 5.56 Å². The van der Waals surface area contributed by atoms with Crippen molar-refractivity contribution >= 4 is 5.91 Å². The topological polar surface area (TPSA) is 47.6 Å². The number of methoxy groups -OCH3 is 1. The third-order valence-electron chi connectivity index (χ3n) is 3.03. The normalized spacial score (nSPS) is 12.0. The second-order valence-electron chi connectivity index (χ2n) is 4.54. The van der Waals surface area contributed by atoms with E-state index >= 15 is 0 Å². The van der Waals surface area contributed by atoms with Crippen molar-refractivity contribution in [1.29, 1.82) is 0 Å². The number of carbonyl (C=O) groups excluding carboxylic acids is 1. The lowest BCUT2D eigenvalue weighted by molar-refractivity contribution is -0.128. The fraction of sp³-hybridized carbons (Fsp3) is 0.533. The third-order valence-corrected chi connectivity index (χ3v) is 3.03. The van der Waals surface area contributed by atoms with E-state index < -0.39 is 6.10 Å². The molecule has 0 aliphatic heterocycles. The van der Waals surface area contributed by atoms with E-state index in [4.69, 9.17) is 9.47 Å². The van der Waals surface area contributed by atoms with Gasteiger partial charge in [0.05, 0.1) is 6.61 Å². The molecule has 0 bridgehead atoms. The zero-order valence-electron chi connectivity index (χ0n) is 12.2. The van der Waals surface area contributed by atoms with Crippen LogP contribution in [0.15, 0.2) is 18.2 Å². The quantitative estimate of drug-likeness (QED) is 0.769. The second kappa shape index (κ2) is 7.79. The zero-order valence-corrected chi connectivity index (χ0v) is 12.2. The molecule has 1 aromatic carbocycles. The Morgan fingerprint density at radius 2 is 2.05 bits per heavy atom. The van der Waals surface area contributed by atoms with Crippen molar-refractivity contribution in [3.05, 3.63) is 29.3 Å². The van der Waals surface area contributed by atoms with Crippen molar-refractivity contribution in [2.75, 3.05) is 20.3 Å². The number of hydrogen-bond donors (Lipinski definition) is 1. The molecule has 1 amide bonds. The number of ether oxygens (including phenoxy) is 2. The van der Waals surface area contributed by atoms with Crippen molar-refractivity contribution < 1.29 is 14.3 Å². The van der Waals surface area contributed by atoms with Gasteiger partial charge in [-0.25, -0.2) is 0 Å². The van der Waals surface area contributed by atoms with Gasteiger partial charge in [-0.1, -0.05) is 13.0 Å². The summed E-state index contributed by atoms with van der Waals surface area (Å²) in [7, 11) is 1.61. The number of aryl methyl sites for hydroxylation is 2. The summed E-state index contributed by atoms with van der Waals surface area (Å²) < 4.78 is 10.6. The molecule has 1 aromatic rings. The van der Waals surface area contributed by atoms with E-state index in [1.807, 2.05) is 39.0 Å². The maximum atomic E-state index is 11.9. The molecule has 0 aliphatic carbocycles. The Labute approximate surface area is 115 Å². The number of rotatable bonds is 7. The minimum atomic E-state index is -0.459. The molecule has 0 heterocycles. The molecule has 1 atom stereocenters. The van der Waals surface area contributed by atoms with Crippen LogP contribution in [0.3, 0.4) is 0 Å². The van der Waals surface area contributed by atoms with Gasteiger partial charge in [0, 0.05) is 13.7 Å². The minimum absolute atomic E-state index is 0.0993. The molecule has 0 aliphatic rings. The van der Waals surface area contributed by atoms with Gasteiger partial charge in [-0.3, -0.25) is 4.79 Å². The molecule has 19 heavy (non-hydrogen) atoms. The lowest BCUT2D eigenvalue weighted by Gasteiger charge is -2.17. The molecule has 0 fully saturated rings. The molecule has 0 spiro atoms. The average molecular weight is 265 g/mol. The van der Waals surface area contributed by atoms with E-state index in [1.54, 1.807) is 7.11 Å². The molecule has 4 heteroatoms. The van der Waals surface area contributed by atoms with Crippen LogP contribution >= 0.6 is 0 Å². The van der Waals surface area contributed by atoms with Gasteiger partial charge in [0.25, 0.3) is 5.91 Å². The predicted molar refractivity (Wildman–Crippen MR) is 75.5 cm³/mol. The summed E-state index contributed by atoms with van der Waals surface area (Å²) in [5, 5.41) is 2.79. The molecule has 1 N–H and O–H groups in total. The smallest absolute Gasteiger partial charge is 0.261 e. The Morgan fingerprint density at radius 1 is 1.32 bits per heavy atom. The van der Waals surface area contributed by atoms with Gasteiger partial charge in [-0.15, -0.1) is 0 Å². The van der Waals surface area contributed by atoms with E-state index in [2.05, 4.69) is 5.32 Å². The van der Waals surface area contributed by atoms with E-state index in [0.29, 0.717) is 19.6 Å². The van der Waals surface area contributed by atoms with Gasteiger partial charge < -0.3 is 14.8 Å². The van der Waals surface area contributed by atoms with Crippen LogP contribution in [0.2, 0.25) is 0 Å². The van der Waals surface area contributed by atoms with Gasteiger partial charge >= 0.3 is 0 Å². The SMILES string of the molecule is CC[C@@H](Oc1ccc(C)c(C)c1)C(=O)NCCOC. The maximum Gasteiger partial charge on any atom is 0.261 e. The molecule has 0 saturated carbocycles. The van der Waals surface area contributed by atoms with Crippen LogP contribution in [0, 0.1) is 13.8 Å². The highest BCUT2D eigenvalue weighted by Crippen LogP contribution is 2.18. The van der Waals surface area contributed by atoms with Crippen molar-refractivity contribution in [3.8, 4) is 5.75 Å². The van der Waals surface area contributed by atoms with E-state index in [9.17, 15) is 4.79 Å². The fourth-order valence-electron chi connectivity index (χ4n) is 1.66. The van der Waals surface area contributed by atoms with Gasteiger partial charge in [-0.2, -0.15) is 0 Å². The lowest BCUT2D eigenvalue weighted by atomic mass is 10.1. The first-order valence-corrected chi connectivity index (χ1v) is 6.59. The summed E-state index contributed by atoms with van der Waals surface area (Å²) in [4.78, 5) is 11.9. The molecule has 4 nitrogen and oxygen atoms in total. The second-order valence-corrected chi connectivity index (χ2v) is 4.54. The maximum absolute atomic E-state index is 11.9. The number of benzene rings is 1. The van der Waals surface area contributed by atoms with Gasteiger partial charge in [0.15, 0.2) is 6.10 Å². The summed E-state index contributed by atoms with van der Waals surface area (Å²) in [5.41, 5.74) is 2.37. The first-order valence-electron chi connectivity index (χ1n) is 6.59. The third kappa shape index (κ3) is 4.91. The van der Waals surface area contributed by atoms with Gasteiger partial charge in [0.2, 0.25) is 0 Å². The number of hydrogen-bond acceptors (Lipinski definition) is 3. The van der Waals surface area contributed by atoms with Crippen LogP contribution < -0.4 is 10.1 Å². The molecule has 0 unspecified atom stereocenters. The van der Waals surface area contributed by atoms with Crippen molar-refractivity contribution in [3.63, 3.8) is 0 Å². The van der Waals surface area contributed by atoms with Gasteiger partial charge in [-0.05, 0) is 43.5 Å². The van der Waals surface area contributed by atoms with Crippen LogP contribution in [0.4, 0.5) is 0 Å². The monoisotopic (exact) mass is 265 g/mol. The van der Waals surface area contributed by atoms with E-state index in [-0.39, 0.29) is 5.91 Å². The molecule has 106 valence electrons. The molecule has 1 rings (SSSR count).